The third-order valence-corrected chi connectivity index (χ3v) is 3.45. The number of aryl methyl sites for hydroxylation is 1. The van der Waals surface area contributed by atoms with Gasteiger partial charge in [-0.1, -0.05) is 45.0 Å². The van der Waals surface area contributed by atoms with E-state index in [0.29, 0.717) is 0 Å². The summed E-state index contributed by atoms with van der Waals surface area (Å²) in [6.07, 6.45) is 1.09. The number of rotatable bonds is 6. The van der Waals surface area contributed by atoms with Gasteiger partial charge in [-0.25, -0.2) is 0 Å². The van der Waals surface area contributed by atoms with E-state index in [-0.39, 0.29) is 5.38 Å². The minimum Gasteiger partial charge on any atom is -0.302 e. The van der Waals surface area contributed by atoms with Crippen molar-refractivity contribution in [2.24, 2.45) is 0 Å². The average Bonchev–Trinajstić information content (AvgIpc) is 2.35. The number of nitrogens with zero attached hydrogens (tertiary/aromatic N) is 1. The molecule has 1 rings (SSSR count). The zero-order valence-electron chi connectivity index (χ0n) is 10.5. The molecule has 0 heterocycles. The molecule has 0 bridgehead atoms. The molecule has 1 nitrogen and oxygen atoms in total. The average molecular weight is 240 g/mol. The van der Waals surface area contributed by atoms with Crippen LogP contribution < -0.4 is 0 Å². The van der Waals surface area contributed by atoms with E-state index in [1.807, 2.05) is 0 Å². The van der Waals surface area contributed by atoms with Gasteiger partial charge in [-0.3, -0.25) is 0 Å². The maximum atomic E-state index is 6.41. The van der Waals surface area contributed by atoms with E-state index in [1.165, 1.54) is 11.1 Å². The van der Waals surface area contributed by atoms with E-state index < -0.39 is 0 Å². The van der Waals surface area contributed by atoms with Crippen molar-refractivity contribution in [3.8, 4) is 0 Å². The van der Waals surface area contributed by atoms with Crippen LogP contribution in [-0.2, 0) is 6.42 Å². The van der Waals surface area contributed by atoms with Gasteiger partial charge in [0.1, 0.15) is 0 Å². The smallest absolute Gasteiger partial charge is 0.0712 e. The van der Waals surface area contributed by atoms with Gasteiger partial charge in [0.25, 0.3) is 0 Å². The topological polar surface area (TPSA) is 3.24 Å². The molecule has 0 aliphatic carbocycles. The lowest BCUT2D eigenvalue weighted by molar-refractivity contribution is 0.304. The van der Waals surface area contributed by atoms with Crippen LogP contribution in [0.4, 0.5) is 0 Å². The minimum atomic E-state index is 0.103. The summed E-state index contributed by atoms with van der Waals surface area (Å²) in [6.45, 7) is 9.57. The predicted molar refractivity (Wildman–Crippen MR) is 72.2 cm³/mol. The van der Waals surface area contributed by atoms with Crippen LogP contribution in [0.15, 0.2) is 24.3 Å². The molecule has 0 aliphatic rings. The van der Waals surface area contributed by atoms with Crippen molar-refractivity contribution in [1.82, 2.24) is 4.90 Å². The van der Waals surface area contributed by atoms with Gasteiger partial charge >= 0.3 is 0 Å². The molecule has 1 aromatic rings. The van der Waals surface area contributed by atoms with Gasteiger partial charge in [0.15, 0.2) is 0 Å². The van der Waals surface area contributed by atoms with Crippen molar-refractivity contribution < 1.29 is 0 Å². The lowest BCUT2D eigenvalue weighted by Crippen LogP contribution is -2.26. The number of halogens is 1. The summed E-state index contributed by atoms with van der Waals surface area (Å²) >= 11 is 6.41. The molecular formula is C14H22ClN. The van der Waals surface area contributed by atoms with Gasteiger partial charge in [-0.2, -0.15) is 0 Å². The minimum absolute atomic E-state index is 0.103. The van der Waals surface area contributed by atoms with E-state index in [4.69, 9.17) is 11.6 Å². The summed E-state index contributed by atoms with van der Waals surface area (Å²) in [5.41, 5.74) is 2.60. The maximum Gasteiger partial charge on any atom is 0.0712 e. The van der Waals surface area contributed by atoms with Crippen LogP contribution in [0.25, 0.3) is 0 Å². The number of hydrogen-bond acceptors (Lipinski definition) is 1. The molecule has 1 unspecified atom stereocenters. The first-order chi connectivity index (χ1) is 7.71. The number of alkyl halides is 1. The largest absolute Gasteiger partial charge is 0.302 e. The summed E-state index contributed by atoms with van der Waals surface area (Å²) in [5, 5.41) is 0.103. The zero-order valence-corrected chi connectivity index (χ0v) is 11.3. The summed E-state index contributed by atoms with van der Waals surface area (Å²) in [5.74, 6) is 0. The molecule has 90 valence electrons. The molecule has 0 saturated heterocycles. The Bertz CT molecular complexity index is 290. The molecule has 0 radical (unpaired) electrons. The molecule has 0 spiro atoms. The Hall–Kier alpha value is -0.530. The Morgan fingerprint density at radius 3 is 2.06 bits per heavy atom. The molecule has 0 N–H and O–H groups in total. The maximum absolute atomic E-state index is 6.41. The van der Waals surface area contributed by atoms with Crippen LogP contribution in [-0.4, -0.2) is 24.5 Å². The Labute approximate surface area is 104 Å². The van der Waals surface area contributed by atoms with E-state index in [2.05, 4.69) is 49.9 Å². The fourth-order valence-electron chi connectivity index (χ4n) is 1.78. The molecule has 0 amide bonds. The Balaban J connectivity index is 2.61. The second-order valence-electron chi connectivity index (χ2n) is 4.05. The molecule has 0 saturated carbocycles. The van der Waals surface area contributed by atoms with Gasteiger partial charge < -0.3 is 4.90 Å². The van der Waals surface area contributed by atoms with Crippen molar-refractivity contribution in [2.45, 2.75) is 32.6 Å². The van der Waals surface area contributed by atoms with Crippen LogP contribution in [0, 0.1) is 0 Å². The first-order valence-corrected chi connectivity index (χ1v) is 6.60. The third-order valence-electron chi connectivity index (χ3n) is 3.06. The predicted octanol–water partition coefficient (Wildman–Crippen LogP) is 3.87. The lowest BCUT2D eigenvalue weighted by Gasteiger charge is -2.21. The van der Waals surface area contributed by atoms with Gasteiger partial charge in [-0.15, -0.1) is 11.6 Å². The summed E-state index contributed by atoms with van der Waals surface area (Å²) in [6, 6.07) is 8.65. The second kappa shape index (κ2) is 6.93. The van der Waals surface area contributed by atoms with Crippen LogP contribution >= 0.6 is 11.6 Å². The Kier molecular flexibility index (Phi) is 5.86. The number of hydrogen-bond donors (Lipinski definition) is 0. The zero-order chi connectivity index (χ0) is 12.0. The van der Waals surface area contributed by atoms with Crippen molar-refractivity contribution >= 4 is 11.6 Å². The summed E-state index contributed by atoms with van der Waals surface area (Å²) in [7, 11) is 0. The van der Waals surface area contributed by atoms with Gasteiger partial charge in [-0.05, 0) is 30.6 Å². The van der Waals surface area contributed by atoms with Crippen LogP contribution in [0.3, 0.4) is 0 Å². The molecule has 2 heteroatoms. The van der Waals surface area contributed by atoms with Gasteiger partial charge in [0, 0.05) is 6.54 Å². The van der Waals surface area contributed by atoms with Crippen molar-refractivity contribution in [2.75, 3.05) is 19.6 Å². The lowest BCUT2D eigenvalue weighted by atomic mass is 10.1. The Morgan fingerprint density at radius 2 is 1.62 bits per heavy atom. The highest BCUT2D eigenvalue weighted by atomic mass is 35.5. The number of likely N-dealkylation sites (N-methyl/N-ethyl adjacent to an activating group) is 1. The molecular weight excluding hydrogens is 218 g/mol. The fraction of sp³-hybridized carbons (Fsp3) is 0.571. The molecule has 16 heavy (non-hydrogen) atoms. The fourth-order valence-corrected chi connectivity index (χ4v) is 2.12. The number of benzene rings is 1. The van der Waals surface area contributed by atoms with Gasteiger partial charge in [0.05, 0.1) is 5.38 Å². The second-order valence-corrected chi connectivity index (χ2v) is 4.58. The van der Waals surface area contributed by atoms with Crippen LogP contribution in [0.5, 0.6) is 0 Å². The molecule has 0 fully saturated rings. The molecule has 1 aromatic carbocycles. The van der Waals surface area contributed by atoms with Gasteiger partial charge in [0.2, 0.25) is 0 Å². The molecule has 0 aliphatic heterocycles. The van der Waals surface area contributed by atoms with E-state index in [0.717, 1.165) is 26.1 Å². The van der Waals surface area contributed by atoms with Crippen LogP contribution in [0.2, 0.25) is 0 Å². The molecule has 0 aromatic heterocycles. The highest BCUT2D eigenvalue weighted by molar-refractivity contribution is 6.21. The standard InChI is InChI=1S/C14H22ClN/c1-4-12-7-9-13(10-8-12)14(15)11-16(5-2)6-3/h7-10,14H,4-6,11H2,1-3H3. The Morgan fingerprint density at radius 1 is 1.06 bits per heavy atom. The first-order valence-electron chi connectivity index (χ1n) is 6.16. The van der Waals surface area contributed by atoms with Crippen molar-refractivity contribution in [3.63, 3.8) is 0 Å². The highest BCUT2D eigenvalue weighted by Gasteiger charge is 2.11. The van der Waals surface area contributed by atoms with E-state index in [1.54, 1.807) is 0 Å². The first kappa shape index (κ1) is 13.5. The van der Waals surface area contributed by atoms with Crippen molar-refractivity contribution in [1.29, 1.82) is 0 Å². The normalized spacial score (nSPS) is 13.1. The monoisotopic (exact) mass is 239 g/mol. The highest BCUT2D eigenvalue weighted by Crippen LogP contribution is 2.22. The third kappa shape index (κ3) is 3.80. The van der Waals surface area contributed by atoms with E-state index >= 15 is 0 Å². The summed E-state index contributed by atoms with van der Waals surface area (Å²) < 4.78 is 0. The SMILES string of the molecule is CCc1ccc(C(Cl)CN(CC)CC)cc1. The molecule has 1 atom stereocenters. The summed E-state index contributed by atoms with van der Waals surface area (Å²) in [4.78, 5) is 2.35. The quantitative estimate of drug-likeness (QED) is 0.682. The van der Waals surface area contributed by atoms with Crippen molar-refractivity contribution in [3.05, 3.63) is 35.4 Å². The van der Waals surface area contributed by atoms with E-state index in [9.17, 15) is 0 Å². The van der Waals surface area contributed by atoms with Crippen LogP contribution in [0.1, 0.15) is 37.3 Å².